The van der Waals surface area contributed by atoms with Gasteiger partial charge >= 0.3 is 0 Å². The van der Waals surface area contributed by atoms with Gasteiger partial charge in [0.2, 0.25) is 0 Å². The Balaban J connectivity index is 1.44. The van der Waals surface area contributed by atoms with Crippen LogP contribution in [-0.2, 0) is 6.54 Å². The fourth-order valence-corrected chi connectivity index (χ4v) is 3.48. The zero-order chi connectivity index (χ0) is 18.6. The molecule has 0 unspecified atom stereocenters. The molecule has 8 heteroatoms. The van der Waals surface area contributed by atoms with Gasteiger partial charge in [0.1, 0.15) is 11.3 Å². The Morgan fingerprint density at radius 3 is 2.59 bits per heavy atom. The molecule has 0 aliphatic carbocycles. The molecule has 0 aliphatic heterocycles. The molecule has 0 N–H and O–H groups in total. The smallest absolute Gasteiger partial charge is 0.253 e. The molecule has 27 heavy (non-hydrogen) atoms. The van der Waals surface area contributed by atoms with Crippen LogP contribution in [0.25, 0.3) is 16.3 Å². The highest BCUT2D eigenvalue weighted by molar-refractivity contribution is 7.13. The topological polar surface area (TPSA) is 76.8 Å². The molecule has 0 fully saturated rings. The Hall–Kier alpha value is -3.39. The molecular weight excluding hydrogens is 360 g/mol. The summed E-state index contributed by atoms with van der Waals surface area (Å²) in [6.07, 6.45) is 1.51. The first-order valence-corrected chi connectivity index (χ1v) is 9.17. The highest BCUT2D eigenvalue weighted by atomic mass is 32.1. The minimum absolute atomic E-state index is 0.0625. The van der Waals surface area contributed by atoms with Crippen molar-refractivity contribution in [3.05, 3.63) is 77.6 Å². The third-order valence-electron chi connectivity index (χ3n) is 4.05. The van der Waals surface area contributed by atoms with E-state index < -0.39 is 0 Å². The van der Waals surface area contributed by atoms with Gasteiger partial charge in [0.05, 0.1) is 17.9 Å². The van der Waals surface area contributed by atoms with Gasteiger partial charge in [0.25, 0.3) is 5.91 Å². The van der Waals surface area contributed by atoms with Gasteiger partial charge in [-0.1, -0.05) is 30.3 Å². The molecule has 0 radical (unpaired) electrons. The van der Waals surface area contributed by atoms with Gasteiger partial charge in [0, 0.05) is 23.6 Å². The zero-order valence-electron chi connectivity index (χ0n) is 14.6. The minimum Gasteiger partial charge on any atom is -0.336 e. The van der Waals surface area contributed by atoms with Crippen LogP contribution >= 0.6 is 11.3 Å². The van der Waals surface area contributed by atoms with E-state index in [2.05, 4.69) is 20.5 Å². The van der Waals surface area contributed by atoms with Crippen LogP contribution in [0.1, 0.15) is 16.1 Å². The monoisotopic (exact) mass is 376 g/mol. The number of rotatable bonds is 5. The van der Waals surface area contributed by atoms with Crippen molar-refractivity contribution in [1.82, 2.24) is 30.1 Å². The van der Waals surface area contributed by atoms with E-state index in [4.69, 9.17) is 0 Å². The molecule has 0 saturated carbocycles. The normalized spacial score (nSPS) is 10.7. The van der Waals surface area contributed by atoms with E-state index in [0.717, 1.165) is 22.0 Å². The molecule has 2 aromatic carbocycles. The summed E-state index contributed by atoms with van der Waals surface area (Å²) in [5, 5.41) is 14.0. The van der Waals surface area contributed by atoms with Crippen molar-refractivity contribution in [2.24, 2.45) is 0 Å². The average Bonchev–Trinajstić information content (AvgIpc) is 3.40. The number of tetrazole rings is 1. The van der Waals surface area contributed by atoms with Gasteiger partial charge in [-0.25, -0.2) is 9.67 Å². The highest BCUT2D eigenvalue weighted by Crippen LogP contribution is 2.24. The quantitative estimate of drug-likeness (QED) is 0.535. The van der Waals surface area contributed by atoms with Crippen molar-refractivity contribution in [2.75, 3.05) is 7.05 Å². The van der Waals surface area contributed by atoms with Gasteiger partial charge in [-0.05, 0) is 34.7 Å². The maximum Gasteiger partial charge on any atom is 0.253 e. The molecule has 2 aromatic heterocycles. The van der Waals surface area contributed by atoms with Crippen LogP contribution in [0.4, 0.5) is 0 Å². The van der Waals surface area contributed by atoms with E-state index in [1.54, 1.807) is 40.1 Å². The predicted octanol–water partition coefficient (Wildman–Crippen LogP) is 3.06. The molecule has 4 aromatic rings. The molecule has 4 rings (SSSR count). The van der Waals surface area contributed by atoms with E-state index in [0.29, 0.717) is 12.1 Å². The molecule has 0 spiro atoms. The Morgan fingerprint density at radius 1 is 1.11 bits per heavy atom. The number of hydrogen-bond donors (Lipinski definition) is 0. The summed E-state index contributed by atoms with van der Waals surface area (Å²) < 4.78 is 1.54. The third-order valence-corrected chi connectivity index (χ3v) is 4.99. The maximum atomic E-state index is 12.7. The van der Waals surface area contributed by atoms with Crippen molar-refractivity contribution in [3.8, 4) is 16.3 Å². The molecular formula is C19H16N6OS. The second-order valence-electron chi connectivity index (χ2n) is 5.97. The van der Waals surface area contributed by atoms with Crippen LogP contribution in [-0.4, -0.2) is 43.0 Å². The molecule has 0 saturated heterocycles. The van der Waals surface area contributed by atoms with Crippen LogP contribution in [0.15, 0.2) is 66.3 Å². The van der Waals surface area contributed by atoms with Crippen LogP contribution in [0, 0.1) is 0 Å². The lowest BCUT2D eigenvalue weighted by Crippen LogP contribution is -2.26. The van der Waals surface area contributed by atoms with Gasteiger partial charge in [-0.3, -0.25) is 4.79 Å². The summed E-state index contributed by atoms with van der Waals surface area (Å²) in [5.41, 5.74) is 3.36. The molecule has 7 nitrogen and oxygen atoms in total. The zero-order valence-corrected chi connectivity index (χ0v) is 15.4. The lowest BCUT2D eigenvalue weighted by molar-refractivity contribution is 0.0783. The number of carbonyl (C=O) groups excluding carboxylic acids is 1. The number of carbonyl (C=O) groups is 1. The van der Waals surface area contributed by atoms with Gasteiger partial charge < -0.3 is 4.90 Å². The molecule has 0 atom stereocenters. The Labute approximate surface area is 159 Å². The first kappa shape index (κ1) is 17.0. The standard InChI is InChI=1S/C19H16N6OS/c1-24(11-16-12-27-18(21-16)14-5-3-2-4-6-14)19(26)15-7-9-17(10-8-15)25-13-20-22-23-25/h2-10,12-13H,11H2,1H3. The van der Waals surface area contributed by atoms with Gasteiger partial charge in [-0.15, -0.1) is 16.4 Å². The van der Waals surface area contributed by atoms with E-state index in [9.17, 15) is 4.79 Å². The van der Waals surface area contributed by atoms with E-state index in [-0.39, 0.29) is 5.91 Å². The van der Waals surface area contributed by atoms with Crippen molar-refractivity contribution in [1.29, 1.82) is 0 Å². The van der Waals surface area contributed by atoms with Crippen LogP contribution < -0.4 is 0 Å². The number of benzene rings is 2. The number of thiazole rings is 1. The summed E-state index contributed by atoms with van der Waals surface area (Å²) in [6.45, 7) is 0.455. The summed E-state index contributed by atoms with van der Waals surface area (Å²) in [4.78, 5) is 19.0. The van der Waals surface area contributed by atoms with Crippen molar-refractivity contribution < 1.29 is 4.79 Å². The van der Waals surface area contributed by atoms with Gasteiger partial charge in [0.15, 0.2) is 0 Å². The van der Waals surface area contributed by atoms with Crippen LogP contribution in [0.3, 0.4) is 0 Å². The van der Waals surface area contributed by atoms with E-state index in [1.165, 1.54) is 6.33 Å². The number of amides is 1. The maximum absolute atomic E-state index is 12.7. The second kappa shape index (κ2) is 7.46. The third kappa shape index (κ3) is 3.75. The summed E-state index contributed by atoms with van der Waals surface area (Å²) in [6, 6.07) is 17.2. The first-order chi connectivity index (χ1) is 13.2. The molecule has 0 aliphatic rings. The second-order valence-corrected chi connectivity index (χ2v) is 6.83. The van der Waals surface area contributed by atoms with Crippen LogP contribution in [0.2, 0.25) is 0 Å². The van der Waals surface area contributed by atoms with Crippen LogP contribution in [0.5, 0.6) is 0 Å². The van der Waals surface area contributed by atoms with Crippen molar-refractivity contribution in [3.63, 3.8) is 0 Å². The average molecular weight is 376 g/mol. The van der Waals surface area contributed by atoms with Gasteiger partial charge in [-0.2, -0.15) is 0 Å². The summed E-state index contributed by atoms with van der Waals surface area (Å²) in [7, 11) is 1.78. The first-order valence-electron chi connectivity index (χ1n) is 8.29. The summed E-state index contributed by atoms with van der Waals surface area (Å²) in [5.74, 6) is -0.0625. The summed E-state index contributed by atoms with van der Waals surface area (Å²) >= 11 is 1.58. The van der Waals surface area contributed by atoms with Crippen molar-refractivity contribution >= 4 is 17.2 Å². The fourth-order valence-electron chi connectivity index (χ4n) is 2.66. The lowest BCUT2D eigenvalue weighted by Gasteiger charge is -2.16. The Bertz CT molecular complexity index is 1030. The number of hydrogen-bond acceptors (Lipinski definition) is 6. The van der Waals surface area contributed by atoms with E-state index in [1.807, 2.05) is 47.8 Å². The predicted molar refractivity (Wildman–Crippen MR) is 103 cm³/mol. The Morgan fingerprint density at radius 2 is 1.89 bits per heavy atom. The fraction of sp³-hybridized carbons (Fsp3) is 0.105. The van der Waals surface area contributed by atoms with Crippen molar-refractivity contribution in [2.45, 2.75) is 6.54 Å². The van der Waals surface area contributed by atoms with E-state index >= 15 is 0 Å². The molecule has 2 heterocycles. The Kier molecular flexibility index (Phi) is 4.71. The number of nitrogens with zero attached hydrogens (tertiary/aromatic N) is 6. The minimum atomic E-state index is -0.0625. The largest absolute Gasteiger partial charge is 0.336 e. The SMILES string of the molecule is CN(Cc1csc(-c2ccccc2)n1)C(=O)c1ccc(-n2cnnn2)cc1. The molecule has 1 amide bonds. The molecule has 0 bridgehead atoms. The molecule has 134 valence electrons. The number of aromatic nitrogens is 5. The highest BCUT2D eigenvalue weighted by Gasteiger charge is 2.14. The lowest BCUT2D eigenvalue weighted by atomic mass is 10.2.